The van der Waals surface area contributed by atoms with Crippen LogP contribution in [-0.4, -0.2) is 12.5 Å². The summed E-state index contributed by atoms with van der Waals surface area (Å²) in [5.74, 6) is 0. The Kier molecular flexibility index (Phi) is 0.933. The summed E-state index contributed by atoms with van der Waals surface area (Å²) in [7, 11) is 0. The first kappa shape index (κ1) is 3.00. The van der Waals surface area contributed by atoms with E-state index in [1.165, 1.54) is 24.3 Å². The molecule has 1 heterocycles. The third-order valence-corrected chi connectivity index (χ3v) is 2.19. The van der Waals surface area contributed by atoms with Crippen LogP contribution in [0.25, 0.3) is 0 Å². The minimum atomic E-state index is -3.61. The van der Waals surface area contributed by atoms with Crippen molar-refractivity contribution >= 4 is 21.6 Å². The maximum absolute atomic E-state index is 8.45. The lowest BCUT2D eigenvalue weighted by Crippen LogP contribution is -2.37. The lowest BCUT2D eigenvalue weighted by molar-refractivity contribution is 0.485. The molecule has 2 rings (SSSR count). The Morgan fingerprint density at radius 3 is 3.36 bits per heavy atom. The zero-order valence-corrected chi connectivity index (χ0v) is 8.72. The van der Waals surface area contributed by atoms with Gasteiger partial charge in [0.15, 0.2) is 0 Å². The van der Waals surface area contributed by atoms with Crippen molar-refractivity contribution in [3.63, 3.8) is 0 Å². The molecule has 0 spiro atoms. The third kappa shape index (κ3) is 2.11. The molecule has 1 nitrogen and oxygen atoms in total. The fourth-order valence-corrected chi connectivity index (χ4v) is 1.48. The van der Waals surface area contributed by atoms with Gasteiger partial charge in [-0.3, -0.25) is 0 Å². The summed E-state index contributed by atoms with van der Waals surface area (Å²) in [6.07, 6.45) is -10.7. The number of benzene rings is 1. The average molecular weight is 266 g/mol. The Labute approximate surface area is 111 Å². The van der Waals surface area contributed by atoms with Gasteiger partial charge in [-0.1, -0.05) is 22.0 Å². The molecule has 1 aliphatic rings. The summed E-state index contributed by atoms with van der Waals surface area (Å²) in [4.78, 5) is 0.194. The highest BCUT2D eigenvalue weighted by Crippen LogP contribution is 2.26. The van der Waals surface area contributed by atoms with Crippen molar-refractivity contribution in [2.45, 2.75) is 32.0 Å². The van der Waals surface area contributed by atoms with Gasteiger partial charge in [0.05, 0.1) is 1.37 Å². The molecule has 0 saturated carbocycles. The van der Waals surface area contributed by atoms with Crippen LogP contribution in [0.15, 0.2) is 28.7 Å². The first-order valence-corrected chi connectivity index (χ1v) is 4.72. The number of hydrogen-bond acceptors (Lipinski definition) is 1. The summed E-state index contributed by atoms with van der Waals surface area (Å²) in [5, 5.41) is 0. The van der Waals surface area contributed by atoms with Crippen LogP contribution in [-0.2, 0) is 0 Å². The third-order valence-electron chi connectivity index (χ3n) is 1.70. The molecule has 0 radical (unpaired) electrons. The summed E-state index contributed by atoms with van der Waals surface area (Å²) < 4.78 is 96.1. The highest BCUT2D eigenvalue weighted by Gasteiger charge is 2.18. The molecule has 1 aliphatic heterocycles. The van der Waals surface area contributed by atoms with Crippen LogP contribution < -0.4 is 4.90 Å². The predicted molar refractivity (Wildman–Crippen MR) is 64.8 cm³/mol. The van der Waals surface area contributed by atoms with E-state index in [-0.39, 0.29) is 10.6 Å². The monoisotopic (exact) mass is 265 g/mol. The molecule has 1 unspecified atom stereocenters. The van der Waals surface area contributed by atoms with Crippen molar-refractivity contribution in [1.82, 2.24) is 0 Å². The zero-order valence-electron chi connectivity index (χ0n) is 19.1. The number of anilines is 1. The van der Waals surface area contributed by atoms with E-state index < -0.39 is 38.5 Å². The normalized spacial score (nSPS) is 55.6. The molecule has 1 fully saturated rings. The van der Waals surface area contributed by atoms with Crippen molar-refractivity contribution < 1.29 is 16.4 Å². The van der Waals surface area contributed by atoms with Gasteiger partial charge >= 0.3 is 0 Å². The molecule has 14 heavy (non-hydrogen) atoms. The van der Waals surface area contributed by atoms with Crippen molar-refractivity contribution in [2.75, 3.05) is 11.4 Å². The number of nitrogens with zero attached hydrogens (tertiary/aromatic N) is 1. The van der Waals surface area contributed by atoms with Crippen LogP contribution in [0.3, 0.4) is 0 Å². The summed E-state index contributed by atoms with van der Waals surface area (Å²) >= 11 is 3.12. The Hall–Kier alpha value is -0.500. The van der Waals surface area contributed by atoms with E-state index in [4.69, 9.17) is 16.4 Å². The van der Waals surface area contributed by atoms with Gasteiger partial charge < -0.3 is 4.90 Å². The standard InChI is InChI=1S/C12H16BrN/c1-10-5-2-3-8-14(10)12-7-4-6-11(13)9-12/h4,6-7,9-10H,2-3,5,8H2,1H3/i1D3,2D2,3D2,5D2,8D2,10D. The van der Waals surface area contributed by atoms with Crippen molar-refractivity contribution in [1.29, 1.82) is 0 Å². The number of halogens is 1. The second-order valence-corrected chi connectivity index (χ2v) is 3.57. The van der Waals surface area contributed by atoms with E-state index >= 15 is 0 Å². The highest BCUT2D eigenvalue weighted by atomic mass is 79.9. The largest absolute Gasteiger partial charge is 0.369 e. The molecule has 76 valence electrons. The maximum atomic E-state index is 8.45. The molecule has 1 aromatic carbocycles. The number of rotatable bonds is 1. The topological polar surface area (TPSA) is 3.24 Å². The molecule has 0 bridgehead atoms. The lowest BCUT2D eigenvalue weighted by atomic mass is 10.0. The molecule has 0 aromatic heterocycles. The van der Waals surface area contributed by atoms with Gasteiger partial charge in [-0.2, -0.15) is 0 Å². The zero-order chi connectivity index (χ0) is 20.6. The minimum Gasteiger partial charge on any atom is -0.369 e. The van der Waals surface area contributed by atoms with Gasteiger partial charge in [0.1, 0.15) is 0 Å². The van der Waals surface area contributed by atoms with E-state index in [0.29, 0.717) is 4.47 Å². The van der Waals surface area contributed by atoms with E-state index in [0.717, 1.165) is 0 Å². The Balaban J connectivity index is 2.97. The van der Waals surface area contributed by atoms with Crippen LogP contribution in [0.5, 0.6) is 0 Å². The van der Waals surface area contributed by atoms with Crippen LogP contribution in [0.2, 0.25) is 0 Å². The molecule has 2 heteroatoms. The smallest absolute Gasteiger partial charge is 0.0527 e. The molecule has 1 aromatic rings. The van der Waals surface area contributed by atoms with Gasteiger partial charge in [0, 0.05) is 37.8 Å². The number of hydrogen-bond donors (Lipinski definition) is 0. The van der Waals surface area contributed by atoms with Crippen LogP contribution in [0.4, 0.5) is 5.69 Å². The van der Waals surface area contributed by atoms with Gasteiger partial charge in [-0.15, -0.1) is 0 Å². The lowest BCUT2D eigenvalue weighted by Gasteiger charge is -2.35. The summed E-state index contributed by atoms with van der Waals surface area (Å²) in [6, 6.07) is 1.92. The minimum absolute atomic E-state index is 0.194. The molecule has 0 amide bonds. The SMILES string of the molecule is [2H]C([2H])([2H])C1([2H])N(c2cccc(Br)c2)C([2H])([2H])C([2H])([2H])C([2H])([2H])C1([2H])[2H]. The van der Waals surface area contributed by atoms with E-state index in [1.807, 2.05) is 0 Å². The van der Waals surface area contributed by atoms with Gasteiger partial charge in [0.25, 0.3) is 0 Å². The van der Waals surface area contributed by atoms with Crippen LogP contribution in [0.1, 0.15) is 42.4 Å². The molecule has 1 saturated heterocycles. The van der Waals surface area contributed by atoms with E-state index in [2.05, 4.69) is 15.9 Å². The highest BCUT2D eigenvalue weighted by molar-refractivity contribution is 9.10. The number of piperidine rings is 1. The van der Waals surface area contributed by atoms with Gasteiger partial charge in [-0.05, 0) is 44.2 Å². The van der Waals surface area contributed by atoms with Crippen LogP contribution in [0, 0.1) is 0 Å². The summed E-state index contributed by atoms with van der Waals surface area (Å²) in [5.41, 5.74) is -0.265. The second kappa shape index (κ2) is 4.35. The van der Waals surface area contributed by atoms with Gasteiger partial charge in [-0.25, -0.2) is 0 Å². The van der Waals surface area contributed by atoms with Gasteiger partial charge in [0.2, 0.25) is 0 Å². The van der Waals surface area contributed by atoms with E-state index in [9.17, 15) is 0 Å². The quantitative estimate of drug-likeness (QED) is 0.746. The Bertz CT molecular complexity index is 714. The maximum Gasteiger partial charge on any atom is 0.0527 e. The predicted octanol–water partition coefficient (Wildman–Crippen LogP) is 3.83. The fourth-order valence-electron chi connectivity index (χ4n) is 1.09. The molecule has 0 aliphatic carbocycles. The van der Waals surface area contributed by atoms with Crippen molar-refractivity contribution in [2.24, 2.45) is 0 Å². The average Bonchev–Trinajstić information content (AvgIpc) is 2.44. The van der Waals surface area contributed by atoms with E-state index in [1.54, 1.807) is 0 Å². The second-order valence-electron chi connectivity index (χ2n) is 2.65. The molecular formula is C12H16BrN. The first-order chi connectivity index (χ1) is 11.4. The Morgan fingerprint density at radius 1 is 1.64 bits per heavy atom. The molecule has 1 atom stereocenters. The fraction of sp³-hybridized carbons (Fsp3) is 0.500. The first-order valence-electron chi connectivity index (χ1n) is 9.93. The molecule has 0 N–H and O–H groups in total. The summed E-state index contributed by atoms with van der Waals surface area (Å²) in [6.45, 7) is -6.85. The van der Waals surface area contributed by atoms with Crippen molar-refractivity contribution in [3.05, 3.63) is 28.7 Å². The van der Waals surface area contributed by atoms with Crippen molar-refractivity contribution in [3.8, 4) is 0 Å². The van der Waals surface area contributed by atoms with Crippen LogP contribution >= 0.6 is 15.9 Å². The molecular weight excluding hydrogens is 238 g/mol. The Morgan fingerprint density at radius 2 is 2.57 bits per heavy atom.